The minimum absolute atomic E-state index is 0.0555. The van der Waals surface area contributed by atoms with Crippen molar-refractivity contribution in [1.29, 1.82) is 0 Å². The van der Waals surface area contributed by atoms with Gasteiger partial charge in [-0.05, 0) is 75.0 Å². The molecule has 0 aromatic carbocycles. The Morgan fingerprint density at radius 2 is 1.25 bits per heavy atom. The van der Waals surface area contributed by atoms with Crippen LogP contribution in [-0.4, -0.2) is 43.0 Å². The van der Waals surface area contributed by atoms with Crippen LogP contribution < -0.4 is 0 Å². The van der Waals surface area contributed by atoms with Crippen molar-refractivity contribution in [3.8, 4) is 0 Å². The van der Waals surface area contributed by atoms with Crippen LogP contribution in [-0.2, 0) is 32.7 Å². The molecule has 0 saturated heterocycles. The van der Waals surface area contributed by atoms with Crippen molar-refractivity contribution >= 4 is 19.5 Å². The van der Waals surface area contributed by atoms with Crippen LogP contribution in [0.5, 0.6) is 0 Å². The van der Waals surface area contributed by atoms with E-state index >= 15 is 0 Å². The SMILES string of the molecule is CCOP(=O)(OCC)C(CC(=O)O[C@H]1C[C@@H]2CC[C@@]1(C)C2(C)C)C(=O)O[C@H]1C[C@@H]2CC[C@@]1(C)C2(C)C. The second-order valence-electron chi connectivity index (χ2n) is 13.2. The fraction of sp³-hybridized carbons (Fsp3) is 0.929. The minimum Gasteiger partial charge on any atom is -0.462 e. The molecule has 206 valence electrons. The lowest BCUT2D eigenvalue weighted by molar-refractivity contribution is -0.164. The molecule has 4 fully saturated rings. The third-order valence-corrected chi connectivity index (χ3v) is 14.0. The number of hydrogen-bond donors (Lipinski definition) is 0. The van der Waals surface area contributed by atoms with E-state index < -0.39 is 25.2 Å². The standard InChI is InChI=1S/C28H47O7P/c1-9-32-36(31,33-10-2)20(24(30)35-22-16-19-12-14-28(22,8)26(19,5)6)17-23(29)34-21-15-18-11-13-27(21,7)25(18,3)4/h18-22H,9-17H2,1-8H3/t18-,19-,20?,21-,22-,27+,28+/m0/s1. The van der Waals surface area contributed by atoms with E-state index in [1.165, 1.54) is 0 Å². The zero-order valence-electron chi connectivity index (χ0n) is 23.6. The van der Waals surface area contributed by atoms with Crippen molar-refractivity contribution in [2.24, 2.45) is 33.5 Å². The molecule has 0 aromatic heterocycles. The Bertz CT molecular complexity index is 919. The first-order valence-corrected chi connectivity index (χ1v) is 15.6. The first-order valence-electron chi connectivity index (χ1n) is 13.9. The number of fused-ring (bicyclic) bond motifs is 4. The zero-order valence-corrected chi connectivity index (χ0v) is 24.5. The van der Waals surface area contributed by atoms with Crippen LogP contribution >= 0.6 is 7.60 Å². The lowest BCUT2D eigenvalue weighted by Gasteiger charge is -2.39. The highest BCUT2D eigenvalue weighted by Crippen LogP contribution is 2.67. The summed E-state index contributed by atoms with van der Waals surface area (Å²) in [5.74, 6) is -0.214. The van der Waals surface area contributed by atoms with Gasteiger partial charge in [-0.3, -0.25) is 14.2 Å². The number of hydrogen-bond acceptors (Lipinski definition) is 7. The molecule has 8 heteroatoms. The third-order valence-electron chi connectivity index (χ3n) is 11.6. The summed E-state index contributed by atoms with van der Waals surface area (Å²) in [7, 11) is -3.94. The lowest BCUT2D eigenvalue weighted by Crippen LogP contribution is -2.42. The molecule has 0 amide bonds. The molecule has 0 heterocycles. The molecule has 4 bridgehead atoms. The Kier molecular flexibility index (Phi) is 7.32. The quantitative estimate of drug-likeness (QED) is 0.236. The van der Waals surface area contributed by atoms with Crippen molar-refractivity contribution in [2.75, 3.05) is 13.2 Å². The normalized spacial score (nSPS) is 38.8. The molecule has 4 rings (SSSR count). The maximum absolute atomic E-state index is 13.8. The van der Waals surface area contributed by atoms with Gasteiger partial charge in [0.1, 0.15) is 12.2 Å². The molecule has 36 heavy (non-hydrogen) atoms. The molecule has 0 radical (unpaired) electrons. The fourth-order valence-corrected chi connectivity index (χ4v) is 9.95. The summed E-state index contributed by atoms with van der Waals surface area (Å²) in [6.45, 7) is 17.0. The van der Waals surface area contributed by atoms with Crippen molar-refractivity contribution in [1.82, 2.24) is 0 Å². The van der Waals surface area contributed by atoms with Gasteiger partial charge in [-0.2, -0.15) is 0 Å². The fourth-order valence-electron chi connectivity index (χ4n) is 8.10. The average molecular weight is 527 g/mol. The van der Waals surface area contributed by atoms with Gasteiger partial charge in [-0.25, -0.2) is 0 Å². The summed E-state index contributed by atoms with van der Waals surface area (Å²) in [5, 5.41) is 0. The molecular formula is C28H47O7P. The van der Waals surface area contributed by atoms with Crippen LogP contribution in [0.3, 0.4) is 0 Å². The topological polar surface area (TPSA) is 88.1 Å². The summed E-state index contributed by atoms with van der Waals surface area (Å²) in [4.78, 5) is 26.9. The van der Waals surface area contributed by atoms with Crippen LogP contribution in [0.1, 0.15) is 100 Å². The highest BCUT2D eigenvalue weighted by atomic mass is 31.2. The molecule has 1 unspecified atom stereocenters. The Hall–Kier alpha value is -0.910. The Labute approximate surface area is 217 Å². The van der Waals surface area contributed by atoms with Crippen LogP contribution in [0.25, 0.3) is 0 Å². The number of carbonyl (C=O) groups excluding carboxylic acids is 2. The maximum Gasteiger partial charge on any atom is 0.345 e. The molecule has 0 spiro atoms. The van der Waals surface area contributed by atoms with Gasteiger partial charge in [0.05, 0.1) is 19.6 Å². The molecule has 0 aromatic rings. The van der Waals surface area contributed by atoms with Crippen molar-refractivity contribution in [3.63, 3.8) is 0 Å². The maximum atomic E-state index is 13.8. The Morgan fingerprint density at radius 3 is 1.61 bits per heavy atom. The van der Waals surface area contributed by atoms with E-state index in [0.717, 1.165) is 38.5 Å². The van der Waals surface area contributed by atoms with Gasteiger partial charge in [0.25, 0.3) is 0 Å². The van der Waals surface area contributed by atoms with E-state index in [1.54, 1.807) is 13.8 Å². The second-order valence-corrected chi connectivity index (χ2v) is 15.4. The molecule has 0 aliphatic heterocycles. The smallest absolute Gasteiger partial charge is 0.345 e. The lowest BCUT2D eigenvalue weighted by atomic mass is 9.70. The van der Waals surface area contributed by atoms with Crippen LogP contribution in [0, 0.1) is 33.5 Å². The number of carbonyl (C=O) groups is 2. The zero-order chi connectivity index (χ0) is 26.7. The van der Waals surface area contributed by atoms with Crippen molar-refractivity contribution < 1.29 is 32.7 Å². The van der Waals surface area contributed by atoms with Crippen LogP contribution in [0.2, 0.25) is 0 Å². The molecular weight excluding hydrogens is 479 g/mol. The van der Waals surface area contributed by atoms with Gasteiger partial charge in [0.15, 0.2) is 5.66 Å². The van der Waals surface area contributed by atoms with E-state index in [0.29, 0.717) is 11.8 Å². The monoisotopic (exact) mass is 526 g/mol. The van der Waals surface area contributed by atoms with Crippen molar-refractivity contribution in [3.05, 3.63) is 0 Å². The second kappa shape index (κ2) is 9.38. The predicted molar refractivity (Wildman–Crippen MR) is 137 cm³/mol. The Morgan fingerprint density at radius 1 is 0.806 bits per heavy atom. The minimum atomic E-state index is -3.94. The number of ether oxygens (including phenoxy) is 2. The molecule has 7 nitrogen and oxygen atoms in total. The van der Waals surface area contributed by atoms with Gasteiger partial charge >= 0.3 is 19.5 Å². The highest BCUT2D eigenvalue weighted by Gasteiger charge is 2.64. The number of rotatable bonds is 10. The largest absolute Gasteiger partial charge is 0.462 e. The summed E-state index contributed by atoms with van der Waals surface area (Å²) in [6.07, 6.45) is 5.03. The molecule has 4 saturated carbocycles. The highest BCUT2D eigenvalue weighted by molar-refractivity contribution is 7.55. The van der Waals surface area contributed by atoms with E-state index in [-0.39, 0.29) is 53.5 Å². The molecule has 7 atom stereocenters. The summed E-state index contributed by atoms with van der Waals surface area (Å²) in [6, 6.07) is 0. The first-order chi connectivity index (χ1) is 16.7. The van der Waals surface area contributed by atoms with E-state index in [4.69, 9.17) is 18.5 Å². The molecule has 4 aliphatic carbocycles. The molecule has 0 N–H and O–H groups in total. The van der Waals surface area contributed by atoms with Gasteiger partial charge < -0.3 is 18.5 Å². The summed E-state index contributed by atoms with van der Waals surface area (Å²) in [5.41, 5.74) is -1.44. The van der Waals surface area contributed by atoms with Gasteiger partial charge in [-0.15, -0.1) is 0 Å². The van der Waals surface area contributed by atoms with Gasteiger partial charge in [0, 0.05) is 10.8 Å². The van der Waals surface area contributed by atoms with Crippen LogP contribution in [0.4, 0.5) is 0 Å². The molecule has 4 aliphatic rings. The third kappa shape index (κ3) is 4.11. The first kappa shape index (κ1) is 28.1. The number of esters is 2. The van der Waals surface area contributed by atoms with Crippen molar-refractivity contribution in [2.45, 2.75) is 118 Å². The van der Waals surface area contributed by atoms with Gasteiger partial charge in [-0.1, -0.05) is 41.5 Å². The summed E-state index contributed by atoms with van der Waals surface area (Å²) < 4.78 is 37.0. The summed E-state index contributed by atoms with van der Waals surface area (Å²) >= 11 is 0. The van der Waals surface area contributed by atoms with E-state index in [9.17, 15) is 14.2 Å². The van der Waals surface area contributed by atoms with Crippen LogP contribution in [0.15, 0.2) is 0 Å². The Balaban J connectivity index is 1.52. The predicted octanol–water partition coefficient (Wildman–Crippen LogP) is 6.53. The van der Waals surface area contributed by atoms with E-state index in [1.807, 2.05) is 0 Å². The van der Waals surface area contributed by atoms with E-state index in [2.05, 4.69) is 41.5 Å². The average Bonchev–Trinajstić information content (AvgIpc) is 3.30. The van der Waals surface area contributed by atoms with Gasteiger partial charge in [0.2, 0.25) is 0 Å².